The average Bonchev–Trinajstić information content (AvgIpc) is 3.08. The van der Waals surface area contributed by atoms with Crippen molar-refractivity contribution in [3.05, 3.63) is 71.7 Å². The Labute approximate surface area is 199 Å². The third kappa shape index (κ3) is 6.08. The quantitative estimate of drug-likeness (QED) is 0.348. The molecule has 7 heteroatoms. The average molecular weight is 464 g/mol. The molecule has 0 saturated heterocycles. The van der Waals surface area contributed by atoms with Crippen molar-refractivity contribution in [3.63, 3.8) is 0 Å². The van der Waals surface area contributed by atoms with Gasteiger partial charge in [0.1, 0.15) is 0 Å². The van der Waals surface area contributed by atoms with Crippen LogP contribution in [0, 0.1) is 11.8 Å². The van der Waals surface area contributed by atoms with Crippen molar-refractivity contribution in [2.45, 2.75) is 45.1 Å². The number of anilines is 1. The lowest BCUT2D eigenvalue weighted by Gasteiger charge is -2.16. The molecule has 2 unspecified atom stereocenters. The summed E-state index contributed by atoms with van der Waals surface area (Å²) in [5.41, 5.74) is 2.92. The van der Waals surface area contributed by atoms with Gasteiger partial charge in [-0.15, -0.1) is 6.58 Å². The maximum absolute atomic E-state index is 12.3. The van der Waals surface area contributed by atoms with Crippen LogP contribution in [0.25, 0.3) is 10.9 Å². The first kappa shape index (κ1) is 23.2. The van der Waals surface area contributed by atoms with Gasteiger partial charge in [0, 0.05) is 41.8 Å². The fourth-order valence-electron chi connectivity index (χ4n) is 4.51. The van der Waals surface area contributed by atoms with Crippen LogP contribution in [0.4, 0.5) is 5.95 Å². The first-order valence-electron chi connectivity index (χ1n) is 11.6. The van der Waals surface area contributed by atoms with Crippen molar-refractivity contribution in [1.29, 1.82) is 0 Å². The van der Waals surface area contributed by atoms with Gasteiger partial charge in [0.25, 0.3) is 0 Å². The summed E-state index contributed by atoms with van der Waals surface area (Å²) in [4.78, 5) is 26.2. The number of hydrogen-bond acceptors (Lipinski definition) is 5. The van der Waals surface area contributed by atoms with E-state index >= 15 is 0 Å². The molecule has 0 spiro atoms. The number of rotatable bonds is 8. The van der Waals surface area contributed by atoms with Crippen molar-refractivity contribution in [1.82, 2.24) is 20.3 Å². The van der Waals surface area contributed by atoms with Gasteiger partial charge in [0.2, 0.25) is 11.9 Å². The minimum atomic E-state index is 0.102. The molecule has 1 fully saturated rings. The summed E-state index contributed by atoms with van der Waals surface area (Å²) in [6, 6.07) is 9.67. The lowest BCUT2D eigenvalue weighted by molar-refractivity contribution is -0.125. The van der Waals surface area contributed by atoms with Crippen LogP contribution in [0.1, 0.15) is 43.4 Å². The van der Waals surface area contributed by atoms with Crippen LogP contribution in [0.3, 0.4) is 0 Å². The van der Waals surface area contributed by atoms with Gasteiger partial charge in [-0.25, -0.2) is 9.97 Å². The van der Waals surface area contributed by atoms with Crippen LogP contribution in [0.2, 0.25) is 5.02 Å². The Morgan fingerprint density at radius 3 is 2.88 bits per heavy atom. The zero-order chi connectivity index (χ0) is 23.0. The predicted octanol–water partition coefficient (Wildman–Crippen LogP) is 5.33. The van der Waals surface area contributed by atoms with E-state index in [2.05, 4.69) is 32.2 Å². The molecule has 4 rings (SSSR count). The largest absolute Gasteiger partial charge is 0.352 e. The molecular formula is C26H30ClN5O. The second-order valence-electron chi connectivity index (χ2n) is 8.64. The van der Waals surface area contributed by atoms with Crippen LogP contribution in [0.5, 0.6) is 0 Å². The normalized spacial score (nSPS) is 18.5. The number of benzene rings is 1. The van der Waals surface area contributed by atoms with Crippen molar-refractivity contribution >= 4 is 34.4 Å². The number of fused-ring (bicyclic) bond motifs is 1. The highest BCUT2D eigenvalue weighted by Crippen LogP contribution is 2.31. The number of carbonyl (C=O) groups is 1. The predicted molar refractivity (Wildman–Crippen MR) is 133 cm³/mol. The van der Waals surface area contributed by atoms with E-state index in [1.807, 2.05) is 42.7 Å². The number of hydrogen-bond donors (Lipinski definition) is 2. The first-order valence-corrected chi connectivity index (χ1v) is 12.0. The number of carbonyl (C=O) groups excluding carboxylic acids is 1. The van der Waals surface area contributed by atoms with E-state index in [1.54, 1.807) is 6.08 Å². The van der Waals surface area contributed by atoms with Gasteiger partial charge in [-0.1, -0.05) is 48.7 Å². The molecule has 2 heterocycles. The smallest absolute Gasteiger partial charge is 0.223 e. The number of pyridine rings is 1. The van der Waals surface area contributed by atoms with E-state index < -0.39 is 0 Å². The molecular weight excluding hydrogens is 434 g/mol. The van der Waals surface area contributed by atoms with Crippen LogP contribution in [-0.4, -0.2) is 27.4 Å². The molecule has 1 saturated carbocycles. The van der Waals surface area contributed by atoms with Gasteiger partial charge in [0.05, 0.1) is 11.2 Å². The summed E-state index contributed by atoms with van der Waals surface area (Å²) in [6.07, 6.45) is 11.4. The third-order valence-electron chi connectivity index (χ3n) is 6.35. The molecule has 3 aromatic rings. The zero-order valence-corrected chi connectivity index (χ0v) is 19.5. The van der Waals surface area contributed by atoms with Crippen LogP contribution >= 0.6 is 11.6 Å². The highest BCUT2D eigenvalue weighted by molar-refractivity contribution is 6.31. The fraction of sp³-hybridized carbons (Fsp3) is 0.385. The van der Waals surface area contributed by atoms with E-state index in [0.29, 0.717) is 25.0 Å². The summed E-state index contributed by atoms with van der Waals surface area (Å²) < 4.78 is 0. The lowest BCUT2D eigenvalue weighted by atomic mass is 9.93. The summed E-state index contributed by atoms with van der Waals surface area (Å²) in [5, 5.41) is 7.92. The van der Waals surface area contributed by atoms with E-state index in [0.717, 1.165) is 65.7 Å². The van der Waals surface area contributed by atoms with E-state index in [9.17, 15) is 4.79 Å². The van der Waals surface area contributed by atoms with Gasteiger partial charge in [-0.05, 0) is 49.3 Å². The Balaban J connectivity index is 1.40. The van der Waals surface area contributed by atoms with Gasteiger partial charge >= 0.3 is 0 Å². The maximum Gasteiger partial charge on any atom is 0.223 e. The molecule has 1 amide bonds. The van der Waals surface area contributed by atoms with Crippen molar-refractivity contribution < 1.29 is 4.79 Å². The molecule has 0 bridgehead atoms. The highest BCUT2D eigenvalue weighted by atomic mass is 35.5. The Bertz CT molecular complexity index is 1120. The zero-order valence-electron chi connectivity index (χ0n) is 18.8. The van der Waals surface area contributed by atoms with E-state index in [4.69, 9.17) is 11.6 Å². The molecule has 1 aliphatic carbocycles. The summed E-state index contributed by atoms with van der Waals surface area (Å²) in [5.74, 6) is 1.34. The van der Waals surface area contributed by atoms with Crippen LogP contribution in [0.15, 0.2) is 55.4 Å². The fourth-order valence-corrected chi connectivity index (χ4v) is 4.71. The maximum atomic E-state index is 12.3. The van der Waals surface area contributed by atoms with Gasteiger partial charge < -0.3 is 10.6 Å². The van der Waals surface area contributed by atoms with Crippen molar-refractivity contribution in [3.8, 4) is 0 Å². The Morgan fingerprint density at radius 1 is 1.15 bits per heavy atom. The number of nitrogens with zero attached hydrogens (tertiary/aromatic N) is 3. The summed E-state index contributed by atoms with van der Waals surface area (Å²) >= 11 is 6.24. The van der Waals surface area contributed by atoms with E-state index in [1.165, 1.54) is 0 Å². The summed E-state index contributed by atoms with van der Waals surface area (Å²) in [7, 11) is 0. The Hall–Kier alpha value is -2.99. The molecule has 2 aromatic heterocycles. The summed E-state index contributed by atoms with van der Waals surface area (Å²) in [6.45, 7) is 4.77. The number of aromatic nitrogens is 3. The van der Waals surface area contributed by atoms with Crippen molar-refractivity contribution in [2.24, 2.45) is 11.8 Å². The van der Waals surface area contributed by atoms with E-state index in [-0.39, 0.29) is 11.8 Å². The second-order valence-corrected chi connectivity index (χ2v) is 9.05. The van der Waals surface area contributed by atoms with Crippen LogP contribution in [-0.2, 0) is 17.8 Å². The topological polar surface area (TPSA) is 79.8 Å². The minimum Gasteiger partial charge on any atom is -0.352 e. The third-order valence-corrected chi connectivity index (χ3v) is 6.72. The highest BCUT2D eigenvalue weighted by Gasteiger charge is 2.24. The number of nitrogens with one attached hydrogen (secondary N) is 2. The van der Waals surface area contributed by atoms with Gasteiger partial charge in [-0.2, -0.15) is 0 Å². The number of amides is 1. The molecule has 1 aliphatic rings. The first-order chi connectivity index (χ1) is 16.1. The molecule has 33 heavy (non-hydrogen) atoms. The minimum absolute atomic E-state index is 0.102. The lowest BCUT2D eigenvalue weighted by Crippen LogP contribution is -2.30. The Morgan fingerprint density at radius 2 is 2.03 bits per heavy atom. The molecule has 0 radical (unpaired) electrons. The molecule has 2 atom stereocenters. The van der Waals surface area contributed by atoms with Gasteiger partial charge in [0.15, 0.2) is 0 Å². The molecule has 0 aliphatic heterocycles. The van der Waals surface area contributed by atoms with Gasteiger partial charge in [-0.3, -0.25) is 9.78 Å². The molecule has 6 nitrogen and oxygen atoms in total. The standard InChI is InChI=1S/C26H30ClN5O/c1-2-13-29-25(33)19-8-5-6-18(10-11-19)15-24-21-17-31-26(32-23(21)12-14-28-24)30-16-20-7-3-4-9-22(20)27/h2-4,7,9,12,14,17-19H,1,5-6,8,10-11,13,15-16H2,(H,29,33)(H,30,31,32). The molecule has 2 N–H and O–H groups in total. The number of halogens is 1. The monoisotopic (exact) mass is 463 g/mol. The Kier molecular flexibility index (Phi) is 7.89. The second kappa shape index (κ2) is 11.2. The molecule has 1 aromatic carbocycles. The SMILES string of the molecule is C=CCNC(=O)C1CCCC(Cc2nccc3nc(NCc4ccccc4Cl)ncc23)CC1. The molecule has 172 valence electrons. The van der Waals surface area contributed by atoms with Crippen molar-refractivity contribution in [2.75, 3.05) is 11.9 Å². The van der Waals surface area contributed by atoms with Crippen LogP contribution < -0.4 is 10.6 Å².